The quantitative estimate of drug-likeness (QED) is 0.490. The van der Waals surface area contributed by atoms with Crippen molar-refractivity contribution in [1.29, 1.82) is 0 Å². The number of hydrogen-bond acceptors (Lipinski definition) is 4. The van der Waals surface area contributed by atoms with Crippen LogP contribution in [0, 0.1) is 0 Å². The molecule has 5 heteroatoms. The Balaban J connectivity index is 2.77. The van der Waals surface area contributed by atoms with Crippen LogP contribution in [-0.2, 0) is 0 Å². The van der Waals surface area contributed by atoms with Crippen LogP contribution in [-0.4, -0.2) is 21.9 Å². The van der Waals surface area contributed by atoms with Crippen molar-refractivity contribution < 1.29 is 9.94 Å². The largest absolute Gasteiger partial charge is 0.506 e. The summed E-state index contributed by atoms with van der Waals surface area (Å²) in [6, 6.07) is 3.11. The highest BCUT2D eigenvalue weighted by molar-refractivity contribution is 5.82. The lowest BCUT2D eigenvalue weighted by molar-refractivity contribution is 0.177. The lowest BCUT2D eigenvalue weighted by Gasteiger charge is -2.01. The Morgan fingerprint density at radius 3 is 3.00 bits per heavy atom. The fraction of sp³-hybridized carbons (Fsp3) is 0.125. The van der Waals surface area contributed by atoms with Gasteiger partial charge in [0.05, 0.1) is 11.2 Å². The number of rotatable bonds is 1. The fourth-order valence-electron chi connectivity index (χ4n) is 1.18. The zero-order chi connectivity index (χ0) is 9.42. The van der Waals surface area contributed by atoms with Crippen molar-refractivity contribution >= 4 is 16.7 Å². The van der Waals surface area contributed by atoms with E-state index < -0.39 is 0 Å². The van der Waals surface area contributed by atoms with E-state index >= 15 is 0 Å². The Labute approximate surface area is 74.3 Å². The van der Waals surface area contributed by atoms with Gasteiger partial charge in [-0.3, -0.25) is 0 Å². The minimum Gasteiger partial charge on any atom is -0.506 e. The maximum atomic E-state index is 9.33. The molecule has 2 rings (SSSR count). The molecule has 0 bridgehead atoms. The van der Waals surface area contributed by atoms with Gasteiger partial charge in [-0.25, -0.2) is 4.98 Å². The van der Waals surface area contributed by atoms with Gasteiger partial charge in [0.1, 0.15) is 24.7 Å². The number of hydrogen-bond donors (Lipinski definition) is 2. The first-order chi connectivity index (χ1) is 6.22. The number of anilines is 1. The molecule has 0 saturated carbocycles. The zero-order valence-corrected chi connectivity index (χ0v) is 7.06. The van der Waals surface area contributed by atoms with Crippen LogP contribution < -0.4 is 10.6 Å². The lowest BCUT2D eigenvalue weighted by atomic mass is 10.2. The van der Waals surface area contributed by atoms with E-state index in [9.17, 15) is 5.11 Å². The van der Waals surface area contributed by atoms with Gasteiger partial charge in [0, 0.05) is 6.07 Å². The van der Waals surface area contributed by atoms with Gasteiger partial charge in [0.2, 0.25) is 0 Å². The average molecular weight is 179 g/mol. The van der Waals surface area contributed by atoms with Crippen LogP contribution in [0.15, 0.2) is 18.5 Å². The second kappa shape index (κ2) is 2.55. The molecular formula is C8H9N3O2. The first-order valence-corrected chi connectivity index (χ1v) is 3.72. The summed E-state index contributed by atoms with van der Waals surface area (Å²) in [6.45, 7) is 0. The molecule has 0 atom stereocenters. The number of phenols is 1. The molecule has 0 aliphatic carbocycles. The van der Waals surface area contributed by atoms with Crippen LogP contribution in [0.5, 0.6) is 5.75 Å². The lowest BCUT2D eigenvalue weighted by Crippen LogP contribution is -2.02. The fourth-order valence-corrected chi connectivity index (χ4v) is 1.18. The summed E-state index contributed by atoms with van der Waals surface area (Å²) in [6.07, 6.45) is 1.52. The van der Waals surface area contributed by atoms with Gasteiger partial charge in [-0.2, -0.15) is 4.73 Å². The highest BCUT2D eigenvalue weighted by Crippen LogP contribution is 2.25. The van der Waals surface area contributed by atoms with E-state index in [2.05, 4.69) is 4.98 Å². The molecule has 0 aliphatic heterocycles. The molecule has 1 heterocycles. The third-order valence-corrected chi connectivity index (χ3v) is 1.86. The normalized spacial score (nSPS) is 10.5. The van der Waals surface area contributed by atoms with Gasteiger partial charge in [-0.1, -0.05) is 0 Å². The van der Waals surface area contributed by atoms with E-state index in [1.807, 2.05) is 0 Å². The molecule has 0 fully saturated rings. The first-order valence-electron chi connectivity index (χ1n) is 3.72. The Morgan fingerprint density at radius 1 is 1.54 bits per heavy atom. The SMILES string of the molecule is COn1cnc2cc(N)c(O)cc21. The van der Waals surface area contributed by atoms with Crippen molar-refractivity contribution in [1.82, 2.24) is 9.71 Å². The maximum absolute atomic E-state index is 9.33. The second-order valence-electron chi connectivity index (χ2n) is 2.65. The summed E-state index contributed by atoms with van der Waals surface area (Å²) < 4.78 is 1.45. The number of aromatic hydroxyl groups is 1. The number of nitrogen functional groups attached to an aromatic ring is 1. The number of aromatic nitrogens is 2. The molecule has 2 aromatic rings. The van der Waals surface area contributed by atoms with E-state index in [0.717, 1.165) is 0 Å². The number of fused-ring (bicyclic) bond motifs is 1. The number of nitrogens with zero attached hydrogens (tertiary/aromatic N) is 2. The number of nitrogens with two attached hydrogens (primary N) is 1. The van der Waals surface area contributed by atoms with Crippen LogP contribution in [0.25, 0.3) is 11.0 Å². The molecule has 1 aromatic heterocycles. The van der Waals surface area contributed by atoms with Crippen LogP contribution in [0.3, 0.4) is 0 Å². The van der Waals surface area contributed by atoms with E-state index in [1.54, 1.807) is 6.07 Å². The minimum absolute atomic E-state index is 0.0336. The average Bonchev–Trinajstić information content (AvgIpc) is 2.48. The smallest absolute Gasteiger partial charge is 0.140 e. The molecular weight excluding hydrogens is 170 g/mol. The Kier molecular flexibility index (Phi) is 1.51. The number of phenolic OH excluding ortho intramolecular Hbond substituents is 1. The van der Waals surface area contributed by atoms with E-state index in [-0.39, 0.29) is 5.75 Å². The van der Waals surface area contributed by atoms with Crippen molar-refractivity contribution in [2.45, 2.75) is 0 Å². The van der Waals surface area contributed by atoms with Crippen molar-refractivity contribution in [3.63, 3.8) is 0 Å². The standard InChI is InChI=1S/C8H9N3O2/c1-13-11-4-10-6-2-5(9)8(12)3-7(6)11/h2-4,12H,9H2,1H3. The Hall–Kier alpha value is -1.91. The van der Waals surface area contributed by atoms with Crippen molar-refractivity contribution in [3.8, 4) is 5.75 Å². The van der Waals surface area contributed by atoms with Crippen molar-refractivity contribution in [2.75, 3.05) is 12.8 Å². The Morgan fingerprint density at radius 2 is 2.31 bits per heavy atom. The molecule has 0 amide bonds. The van der Waals surface area contributed by atoms with Gasteiger partial charge >= 0.3 is 0 Å². The van der Waals surface area contributed by atoms with Gasteiger partial charge in [0.25, 0.3) is 0 Å². The Bertz CT molecular complexity index is 450. The summed E-state index contributed by atoms with van der Waals surface area (Å²) in [4.78, 5) is 9.00. The van der Waals surface area contributed by atoms with Gasteiger partial charge in [0.15, 0.2) is 0 Å². The van der Waals surface area contributed by atoms with Gasteiger partial charge in [-0.15, -0.1) is 0 Å². The summed E-state index contributed by atoms with van der Waals surface area (Å²) in [5.41, 5.74) is 7.19. The highest BCUT2D eigenvalue weighted by atomic mass is 16.6. The number of benzene rings is 1. The van der Waals surface area contributed by atoms with Crippen molar-refractivity contribution in [3.05, 3.63) is 18.5 Å². The second-order valence-corrected chi connectivity index (χ2v) is 2.65. The monoisotopic (exact) mass is 179 g/mol. The third kappa shape index (κ3) is 1.05. The molecule has 0 radical (unpaired) electrons. The molecule has 0 unspecified atom stereocenters. The first kappa shape index (κ1) is 7.72. The van der Waals surface area contributed by atoms with Crippen LogP contribution >= 0.6 is 0 Å². The molecule has 0 aliphatic rings. The van der Waals surface area contributed by atoms with Crippen LogP contribution in [0.1, 0.15) is 0 Å². The summed E-state index contributed by atoms with van der Waals surface area (Å²) in [5, 5.41) is 9.33. The zero-order valence-electron chi connectivity index (χ0n) is 7.06. The summed E-state index contributed by atoms with van der Waals surface area (Å²) >= 11 is 0. The molecule has 68 valence electrons. The highest BCUT2D eigenvalue weighted by Gasteiger charge is 2.06. The van der Waals surface area contributed by atoms with E-state index in [4.69, 9.17) is 10.6 Å². The van der Waals surface area contributed by atoms with Crippen LogP contribution in [0.2, 0.25) is 0 Å². The van der Waals surface area contributed by atoms with Gasteiger partial charge in [-0.05, 0) is 6.07 Å². The summed E-state index contributed by atoms with van der Waals surface area (Å²) in [5.74, 6) is 0.0336. The predicted octanol–water partition coefficient (Wildman–Crippen LogP) is 0.383. The predicted molar refractivity (Wildman–Crippen MR) is 48.3 cm³/mol. The van der Waals surface area contributed by atoms with Gasteiger partial charge < -0.3 is 15.7 Å². The molecule has 1 aromatic carbocycles. The topological polar surface area (TPSA) is 73.3 Å². The summed E-state index contributed by atoms with van der Waals surface area (Å²) in [7, 11) is 1.52. The van der Waals surface area contributed by atoms with E-state index in [1.165, 1.54) is 24.2 Å². The minimum atomic E-state index is 0.0336. The molecule has 0 saturated heterocycles. The maximum Gasteiger partial charge on any atom is 0.140 e. The molecule has 5 nitrogen and oxygen atoms in total. The van der Waals surface area contributed by atoms with E-state index in [0.29, 0.717) is 16.7 Å². The number of imidazole rings is 1. The molecule has 3 N–H and O–H groups in total. The molecule has 0 spiro atoms. The third-order valence-electron chi connectivity index (χ3n) is 1.86. The van der Waals surface area contributed by atoms with Crippen molar-refractivity contribution in [2.24, 2.45) is 0 Å². The van der Waals surface area contributed by atoms with Crippen LogP contribution in [0.4, 0.5) is 5.69 Å². The molecule has 13 heavy (non-hydrogen) atoms.